The average Bonchev–Trinajstić information content (AvgIpc) is 3.98. The summed E-state index contributed by atoms with van der Waals surface area (Å²) in [4.78, 5) is 10.1. The quantitative estimate of drug-likeness (QED) is 0.154. The fourth-order valence-electron chi connectivity index (χ4n) is 13.3. The summed E-state index contributed by atoms with van der Waals surface area (Å²) in [5, 5.41) is 5.19. The van der Waals surface area contributed by atoms with Gasteiger partial charge in [0.2, 0.25) is 13.4 Å². The Labute approximate surface area is 437 Å². The molecule has 2 aromatic heterocycles. The highest BCUT2D eigenvalue weighted by molar-refractivity contribution is 8.00. The normalized spacial score (nSPS) is 13.2. The number of benzene rings is 11. The first-order valence-electron chi connectivity index (χ1n) is 25.5. The van der Waals surface area contributed by atoms with Crippen LogP contribution in [0.3, 0.4) is 0 Å². The van der Waals surface area contributed by atoms with Gasteiger partial charge in [0.1, 0.15) is 0 Å². The average molecular weight is 975 g/mol. The van der Waals surface area contributed by atoms with Crippen molar-refractivity contribution in [3.63, 3.8) is 0 Å². The van der Waals surface area contributed by atoms with Gasteiger partial charge < -0.3 is 18.9 Å². The van der Waals surface area contributed by atoms with E-state index in [1.807, 2.05) is 23.5 Å². The van der Waals surface area contributed by atoms with E-state index in [9.17, 15) is 0 Å². The Morgan fingerprint density at radius 3 is 1.04 bits per heavy atom. The van der Waals surface area contributed by atoms with Gasteiger partial charge in [-0.2, -0.15) is 0 Å². The topological polar surface area (TPSA) is 16.3 Å². The molecule has 6 heterocycles. The first-order valence-corrected chi connectivity index (χ1v) is 27.1. The van der Waals surface area contributed by atoms with Gasteiger partial charge in [-0.25, -0.2) is 0 Å². The van der Waals surface area contributed by atoms with Gasteiger partial charge in [-0.05, 0) is 119 Å². The highest BCUT2D eigenvalue weighted by Gasteiger charge is 2.43. The number of anilines is 6. The van der Waals surface area contributed by atoms with Crippen molar-refractivity contribution in [1.29, 1.82) is 0 Å². The molecule has 17 rings (SSSR count). The predicted octanol–water partition coefficient (Wildman–Crippen LogP) is 13.4. The molecule has 4 aliphatic heterocycles. The Bertz CT molecular complexity index is 4150. The monoisotopic (exact) mass is 974 g/mol. The number of aromatic nitrogens is 2. The molecule has 0 amide bonds. The van der Waals surface area contributed by atoms with Gasteiger partial charge in [0, 0.05) is 97.7 Å². The summed E-state index contributed by atoms with van der Waals surface area (Å²) in [6.45, 7) is 0.167. The second-order valence-electron chi connectivity index (χ2n) is 19.9. The summed E-state index contributed by atoms with van der Waals surface area (Å²) in [6.07, 6.45) is 0. The molecular formula is C66H40B2N4S2. The van der Waals surface area contributed by atoms with Crippen molar-refractivity contribution < 1.29 is 0 Å². The molecule has 0 radical (unpaired) electrons. The van der Waals surface area contributed by atoms with Crippen LogP contribution in [0.5, 0.6) is 0 Å². The van der Waals surface area contributed by atoms with Crippen LogP contribution >= 0.6 is 23.5 Å². The molecule has 11 aromatic carbocycles. The third kappa shape index (κ3) is 5.59. The zero-order valence-electron chi connectivity index (χ0n) is 39.9. The molecule has 0 unspecified atom stereocenters. The molecule has 0 bridgehead atoms. The van der Waals surface area contributed by atoms with Crippen molar-refractivity contribution in [2.24, 2.45) is 0 Å². The largest absolute Gasteiger partial charge is 0.310 e. The maximum Gasteiger partial charge on any atom is 0.249 e. The van der Waals surface area contributed by atoms with E-state index in [2.05, 4.69) is 262 Å². The van der Waals surface area contributed by atoms with Crippen LogP contribution in [-0.2, 0) is 0 Å². The maximum atomic E-state index is 2.64. The summed E-state index contributed by atoms with van der Waals surface area (Å²) >= 11 is 3.82. The van der Waals surface area contributed by atoms with Crippen LogP contribution in [0.15, 0.2) is 262 Å². The van der Waals surface area contributed by atoms with E-state index in [4.69, 9.17) is 0 Å². The molecular weight excluding hydrogens is 935 g/mol. The lowest BCUT2D eigenvalue weighted by Crippen LogP contribution is -2.58. The zero-order chi connectivity index (χ0) is 48.2. The molecule has 0 saturated carbocycles. The molecule has 342 valence electrons. The first kappa shape index (κ1) is 41.0. The van der Waals surface area contributed by atoms with E-state index in [1.54, 1.807) is 0 Å². The number of hydrogen-bond donors (Lipinski definition) is 0. The molecule has 0 atom stereocenters. The van der Waals surface area contributed by atoms with Crippen LogP contribution in [0.25, 0.3) is 55.0 Å². The molecule has 0 saturated heterocycles. The second-order valence-corrected chi connectivity index (χ2v) is 22.1. The smallest absolute Gasteiger partial charge is 0.249 e. The molecule has 13 aromatic rings. The van der Waals surface area contributed by atoms with Crippen molar-refractivity contribution >= 4 is 147 Å². The molecule has 8 heteroatoms. The van der Waals surface area contributed by atoms with E-state index in [-0.39, 0.29) is 13.4 Å². The molecule has 4 aliphatic rings. The van der Waals surface area contributed by atoms with Crippen LogP contribution in [-0.4, -0.2) is 22.6 Å². The summed E-state index contributed by atoms with van der Waals surface area (Å²) in [5.41, 5.74) is 22.6. The van der Waals surface area contributed by atoms with Crippen LogP contribution in [0, 0.1) is 0 Å². The lowest BCUT2D eigenvalue weighted by molar-refractivity contribution is 1.15. The van der Waals surface area contributed by atoms with E-state index < -0.39 is 0 Å². The van der Waals surface area contributed by atoms with Crippen LogP contribution in [0.1, 0.15) is 0 Å². The lowest BCUT2D eigenvalue weighted by Gasteiger charge is -2.35. The van der Waals surface area contributed by atoms with Gasteiger partial charge in [-0.3, -0.25) is 0 Å². The van der Waals surface area contributed by atoms with Crippen molar-refractivity contribution in [1.82, 2.24) is 9.13 Å². The highest BCUT2D eigenvalue weighted by Crippen LogP contribution is 2.49. The highest BCUT2D eigenvalue weighted by atomic mass is 32.2. The summed E-state index contributed by atoms with van der Waals surface area (Å²) in [5.74, 6) is 0. The SMILES string of the molecule is c1ccc(N(c2ccccc2)c2cc3c4c(c2)-n2c5ccc6c(c7cccc8c7n6-c6cc(N(c7ccccc7)c7ccccc7)cc7c6B8c6ccccc6S7)c5c5cccc(c52)B4c2ccccc2S3)cc1. The molecule has 0 aliphatic carbocycles. The van der Waals surface area contributed by atoms with Gasteiger partial charge in [0.15, 0.2) is 0 Å². The lowest BCUT2D eigenvalue weighted by atomic mass is 9.35. The van der Waals surface area contributed by atoms with Gasteiger partial charge in [-0.1, -0.05) is 180 Å². The second kappa shape index (κ2) is 15.5. The molecule has 0 fully saturated rings. The Morgan fingerprint density at radius 2 is 0.649 bits per heavy atom. The Balaban J connectivity index is 0.985. The van der Waals surface area contributed by atoms with Gasteiger partial charge in [-0.15, -0.1) is 0 Å². The van der Waals surface area contributed by atoms with E-state index >= 15 is 0 Å². The molecule has 74 heavy (non-hydrogen) atoms. The number of rotatable bonds is 6. The minimum Gasteiger partial charge on any atom is -0.310 e. The van der Waals surface area contributed by atoms with E-state index in [0.717, 1.165) is 34.1 Å². The third-order valence-corrected chi connectivity index (χ3v) is 18.4. The standard InChI is InChI=1S/C66H40B2N4S2/c1-5-19-41(20-6-1)69(42-21-7-2-8-22-42)45-37-55-63-59(39-45)73-57-33-15-13-29-49(57)67(63)51-31-17-27-47-61-53(71(55)65(47)51)35-36-54-62(61)48-28-18-32-52-66(48)72(54)56-38-46(40-60-64(56)68(52)50-30-14-16-34-58(50)74-60)70(43-23-9-3-10-24-43)44-25-11-4-12-26-44/h1-40H. The first-order chi connectivity index (χ1) is 36.7. The molecule has 0 N–H and O–H groups in total. The maximum absolute atomic E-state index is 2.64. The molecule has 4 nitrogen and oxygen atoms in total. The van der Waals surface area contributed by atoms with Crippen LogP contribution in [0.4, 0.5) is 34.1 Å². The van der Waals surface area contributed by atoms with Crippen molar-refractivity contribution in [3.05, 3.63) is 243 Å². The minimum absolute atomic E-state index is 0.0836. The van der Waals surface area contributed by atoms with Crippen molar-refractivity contribution in [3.8, 4) is 11.4 Å². The number of fused-ring (bicyclic) bond motifs is 15. The molecule has 0 spiro atoms. The number of hydrogen-bond acceptors (Lipinski definition) is 4. The zero-order valence-corrected chi connectivity index (χ0v) is 41.5. The summed E-state index contributed by atoms with van der Waals surface area (Å²) < 4.78 is 5.28. The van der Waals surface area contributed by atoms with E-state index in [1.165, 1.54) is 107 Å². The number of nitrogens with zero attached hydrogens (tertiary/aromatic N) is 4. The van der Waals surface area contributed by atoms with Gasteiger partial charge in [0.05, 0.1) is 11.0 Å². The Kier molecular flexibility index (Phi) is 8.57. The summed E-state index contributed by atoms with van der Waals surface area (Å²) in [7, 11) is 0. The Morgan fingerprint density at radius 1 is 0.297 bits per heavy atom. The fraction of sp³-hybridized carbons (Fsp3) is 0. The number of para-hydroxylation sites is 6. The van der Waals surface area contributed by atoms with E-state index in [0.29, 0.717) is 0 Å². The van der Waals surface area contributed by atoms with Crippen molar-refractivity contribution in [2.45, 2.75) is 19.6 Å². The third-order valence-electron chi connectivity index (χ3n) is 16.1. The van der Waals surface area contributed by atoms with Crippen molar-refractivity contribution in [2.75, 3.05) is 9.80 Å². The fourth-order valence-corrected chi connectivity index (χ4v) is 15.7. The van der Waals surface area contributed by atoms with Crippen LogP contribution in [0.2, 0.25) is 0 Å². The Hall–Kier alpha value is -8.55. The van der Waals surface area contributed by atoms with Crippen LogP contribution < -0.4 is 42.6 Å². The van der Waals surface area contributed by atoms with Gasteiger partial charge in [0.25, 0.3) is 0 Å². The summed E-state index contributed by atoms with van der Waals surface area (Å²) in [6, 6.07) is 90.6. The van der Waals surface area contributed by atoms with Gasteiger partial charge >= 0.3 is 0 Å². The minimum atomic E-state index is 0.0836. The predicted molar refractivity (Wildman–Crippen MR) is 315 cm³/mol.